The van der Waals surface area contributed by atoms with Gasteiger partial charge in [0.1, 0.15) is 6.54 Å². The molecule has 8 nitrogen and oxygen atoms in total. The number of aromatic nitrogens is 4. The number of rotatable bonds is 5. The average Bonchev–Trinajstić information content (AvgIpc) is 3.08. The Bertz CT molecular complexity index is 946. The van der Waals surface area contributed by atoms with Crippen LogP contribution < -0.4 is 10.9 Å². The van der Waals surface area contributed by atoms with Gasteiger partial charge in [0.15, 0.2) is 0 Å². The number of hydrogen-bond acceptors (Lipinski definition) is 6. The molecule has 2 heterocycles. The molecule has 128 valence electrons. The summed E-state index contributed by atoms with van der Waals surface area (Å²) in [5, 5.41) is 14.6. The standard InChI is InChI=1S/C17H17N5O3/c1-11-8-16(24)22(21-12(11)2)10-14(23)18-9-15-19-20-17(25-15)13-6-4-3-5-7-13/h3-8H,9-10H2,1-2H3,(H,18,23). The molecule has 3 aromatic rings. The summed E-state index contributed by atoms with van der Waals surface area (Å²) in [4.78, 5) is 23.9. The lowest BCUT2D eigenvalue weighted by atomic mass is 10.2. The number of amides is 1. The molecule has 1 N–H and O–H groups in total. The van der Waals surface area contributed by atoms with Crippen molar-refractivity contribution in [1.29, 1.82) is 0 Å². The van der Waals surface area contributed by atoms with Crippen molar-refractivity contribution in [2.75, 3.05) is 0 Å². The van der Waals surface area contributed by atoms with Crippen LogP contribution in [0.1, 0.15) is 17.1 Å². The molecular weight excluding hydrogens is 322 g/mol. The van der Waals surface area contributed by atoms with Gasteiger partial charge in [-0.2, -0.15) is 5.10 Å². The molecule has 0 aliphatic carbocycles. The zero-order chi connectivity index (χ0) is 17.8. The maximum absolute atomic E-state index is 12.0. The smallest absolute Gasteiger partial charge is 0.267 e. The Morgan fingerprint density at radius 1 is 1.20 bits per heavy atom. The van der Waals surface area contributed by atoms with Gasteiger partial charge in [-0.3, -0.25) is 9.59 Å². The maximum atomic E-state index is 12.0. The van der Waals surface area contributed by atoms with Gasteiger partial charge in [0.25, 0.3) is 5.56 Å². The fourth-order valence-electron chi connectivity index (χ4n) is 2.18. The fourth-order valence-corrected chi connectivity index (χ4v) is 2.18. The largest absolute Gasteiger partial charge is 0.419 e. The van der Waals surface area contributed by atoms with Crippen LogP contribution >= 0.6 is 0 Å². The summed E-state index contributed by atoms with van der Waals surface area (Å²) in [7, 11) is 0. The summed E-state index contributed by atoms with van der Waals surface area (Å²) in [5.74, 6) is 0.307. The Morgan fingerprint density at radius 3 is 2.72 bits per heavy atom. The van der Waals surface area contributed by atoms with Crippen LogP contribution in [0.2, 0.25) is 0 Å². The third-order valence-corrected chi connectivity index (χ3v) is 3.65. The van der Waals surface area contributed by atoms with Gasteiger partial charge in [-0.1, -0.05) is 18.2 Å². The van der Waals surface area contributed by atoms with Crippen LogP contribution in [-0.4, -0.2) is 25.9 Å². The number of aryl methyl sites for hydroxylation is 2. The van der Waals surface area contributed by atoms with Crippen molar-refractivity contribution in [2.45, 2.75) is 26.9 Å². The van der Waals surface area contributed by atoms with Crippen LogP contribution in [0, 0.1) is 13.8 Å². The molecule has 0 radical (unpaired) electrons. The maximum Gasteiger partial charge on any atom is 0.267 e. The first-order chi connectivity index (χ1) is 12.0. The molecule has 2 aromatic heterocycles. The van der Waals surface area contributed by atoms with E-state index in [1.54, 1.807) is 13.8 Å². The van der Waals surface area contributed by atoms with Crippen LogP contribution in [0.4, 0.5) is 0 Å². The third kappa shape index (κ3) is 3.97. The molecule has 0 bridgehead atoms. The number of benzene rings is 1. The van der Waals surface area contributed by atoms with E-state index >= 15 is 0 Å². The molecule has 8 heteroatoms. The zero-order valence-corrected chi connectivity index (χ0v) is 13.9. The predicted molar refractivity (Wildman–Crippen MR) is 89.6 cm³/mol. The molecule has 3 rings (SSSR count). The molecule has 0 saturated heterocycles. The number of nitrogens with zero attached hydrogens (tertiary/aromatic N) is 4. The molecule has 0 aliphatic rings. The minimum absolute atomic E-state index is 0.0816. The Balaban J connectivity index is 1.61. The van der Waals surface area contributed by atoms with Gasteiger partial charge >= 0.3 is 0 Å². The lowest BCUT2D eigenvalue weighted by molar-refractivity contribution is -0.122. The Labute approximate surface area is 143 Å². The van der Waals surface area contributed by atoms with Gasteiger partial charge in [0.2, 0.25) is 17.7 Å². The molecule has 0 aliphatic heterocycles. The van der Waals surface area contributed by atoms with E-state index < -0.39 is 0 Å². The molecule has 0 fully saturated rings. The molecule has 0 atom stereocenters. The van der Waals surface area contributed by atoms with Gasteiger partial charge in [-0.15, -0.1) is 10.2 Å². The van der Waals surface area contributed by atoms with Crippen molar-refractivity contribution in [3.8, 4) is 11.5 Å². The number of carbonyl (C=O) groups excluding carboxylic acids is 1. The lowest BCUT2D eigenvalue weighted by Crippen LogP contribution is -2.33. The van der Waals surface area contributed by atoms with Gasteiger partial charge in [0.05, 0.1) is 12.2 Å². The molecular formula is C17H17N5O3. The minimum Gasteiger partial charge on any atom is -0.419 e. The van der Waals surface area contributed by atoms with E-state index in [4.69, 9.17) is 4.42 Å². The monoisotopic (exact) mass is 339 g/mol. The Hall–Kier alpha value is -3.29. The van der Waals surface area contributed by atoms with Gasteiger partial charge in [-0.05, 0) is 31.5 Å². The Morgan fingerprint density at radius 2 is 1.96 bits per heavy atom. The summed E-state index contributed by atoms with van der Waals surface area (Å²) in [6.45, 7) is 3.50. The van der Waals surface area contributed by atoms with E-state index in [2.05, 4.69) is 20.6 Å². The molecule has 25 heavy (non-hydrogen) atoms. The lowest BCUT2D eigenvalue weighted by Gasteiger charge is -2.07. The SMILES string of the molecule is Cc1cc(=O)n(CC(=O)NCc2nnc(-c3ccccc3)o2)nc1C. The van der Waals surface area contributed by atoms with E-state index in [9.17, 15) is 9.59 Å². The third-order valence-electron chi connectivity index (χ3n) is 3.65. The van der Waals surface area contributed by atoms with E-state index in [1.807, 2.05) is 30.3 Å². The molecule has 0 saturated carbocycles. The van der Waals surface area contributed by atoms with Gasteiger partial charge < -0.3 is 9.73 Å². The highest BCUT2D eigenvalue weighted by molar-refractivity contribution is 5.75. The van der Waals surface area contributed by atoms with Crippen LogP contribution in [0.3, 0.4) is 0 Å². The van der Waals surface area contributed by atoms with E-state index in [0.717, 1.165) is 15.8 Å². The van der Waals surface area contributed by atoms with Crippen molar-refractivity contribution >= 4 is 5.91 Å². The quantitative estimate of drug-likeness (QED) is 0.750. The topological polar surface area (TPSA) is 103 Å². The van der Waals surface area contributed by atoms with Crippen molar-refractivity contribution < 1.29 is 9.21 Å². The highest BCUT2D eigenvalue weighted by Gasteiger charge is 2.11. The Kier molecular flexibility index (Phi) is 4.69. The van der Waals surface area contributed by atoms with E-state index in [0.29, 0.717) is 11.6 Å². The predicted octanol–water partition coefficient (Wildman–Crippen LogP) is 1.23. The van der Waals surface area contributed by atoms with Crippen LogP contribution in [0.25, 0.3) is 11.5 Å². The van der Waals surface area contributed by atoms with E-state index in [1.165, 1.54) is 6.07 Å². The van der Waals surface area contributed by atoms with Crippen LogP contribution in [-0.2, 0) is 17.9 Å². The summed E-state index contributed by atoms with van der Waals surface area (Å²) >= 11 is 0. The summed E-state index contributed by atoms with van der Waals surface area (Å²) in [5.41, 5.74) is 1.98. The van der Waals surface area contributed by atoms with Crippen LogP contribution in [0.15, 0.2) is 45.6 Å². The van der Waals surface area contributed by atoms with Crippen molar-refractivity contribution in [3.63, 3.8) is 0 Å². The molecule has 1 aromatic carbocycles. The normalized spacial score (nSPS) is 10.6. The highest BCUT2D eigenvalue weighted by atomic mass is 16.4. The summed E-state index contributed by atoms with van der Waals surface area (Å²) < 4.78 is 6.63. The fraction of sp³-hybridized carbons (Fsp3) is 0.235. The number of hydrogen-bond donors (Lipinski definition) is 1. The van der Waals surface area contributed by atoms with Crippen LogP contribution in [0.5, 0.6) is 0 Å². The first-order valence-corrected chi connectivity index (χ1v) is 7.73. The summed E-state index contributed by atoms with van der Waals surface area (Å²) in [6.07, 6.45) is 0. The first-order valence-electron chi connectivity index (χ1n) is 7.73. The second-order valence-electron chi connectivity index (χ2n) is 5.55. The number of nitrogens with one attached hydrogen (secondary N) is 1. The van der Waals surface area contributed by atoms with E-state index in [-0.39, 0.29) is 30.4 Å². The summed E-state index contributed by atoms with van der Waals surface area (Å²) in [6, 6.07) is 10.8. The van der Waals surface area contributed by atoms with Crippen molar-refractivity contribution in [3.05, 3.63) is 63.9 Å². The number of carbonyl (C=O) groups is 1. The van der Waals surface area contributed by atoms with Crippen molar-refractivity contribution in [2.24, 2.45) is 0 Å². The molecule has 0 unspecified atom stereocenters. The molecule has 0 spiro atoms. The zero-order valence-electron chi connectivity index (χ0n) is 13.9. The van der Waals surface area contributed by atoms with Crippen molar-refractivity contribution in [1.82, 2.24) is 25.3 Å². The second-order valence-corrected chi connectivity index (χ2v) is 5.55. The van der Waals surface area contributed by atoms with Gasteiger partial charge in [0, 0.05) is 11.6 Å². The minimum atomic E-state index is -0.364. The van der Waals surface area contributed by atoms with Gasteiger partial charge in [-0.25, -0.2) is 4.68 Å². The average molecular weight is 339 g/mol. The molecule has 1 amide bonds. The second kappa shape index (κ2) is 7.08. The first kappa shape index (κ1) is 16.6. The highest BCUT2D eigenvalue weighted by Crippen LogP contribution is 2.16.